The molecule has 2 aliphatic rings. The first-order valence-electron chi connectivity index (χ1n) is 18.6. The first-order chi connectivity index (χ1) is 25.1. The SMILES string of the molecule is CCCCOc1ccc(CN2C(=O)N(Cc3ccc(OCCCC)cc3)[C@H](Cc3ccc(O)cc3)[C@@H]3OC(C)(C)O[C@H]3C2c2ccc(O)cc2)cc1. The molecular formula is C43H52N2O7. The minimum atomic E-state index is -0.926. The predicted molar refractivity (Wildman–Crippen MR) is 200 cm³/mol. The van der Waals surface area contributed by atoms with Gasteiger partial charge in [0.15, 0.2) is 5.79 Å². The first kappa shape index (κ1) is 37.0. The van der Waals surface area contributed by atoms with E-state index in [0.29, 0.717) is 32.7 Å². The number of benzene rings is 4. The number of ether oxygens (including phenoxy) is 4. The highest BCUT2D eigenvalue weighted by atomic mass is 16.8. The maximum Gasteiger partial charge on any atom is 0.321 e. The Hall–Kier alpha value is -4.73. The molecular weight excluding hydrogens is 656 g/mol. The number of carbonyl (C=O) groups excluding carboxylic acids is 1. The molecule has 0 aliphatic carbocycles. The molecule has 4 aromatic carbocycles. The normalized spacial score (nSPS) is 21.1. The minimum absolute atomic E-state index is 0.142. The van der Waals surface area contributed by atoms with Crippen molar-refractivity contribution in [3.05, 3.63) is 119 Å². The first-order valence-corrected chi connectivity index (χ1v) is 18.6. The second kappa shape index (κ2) is 16.7. The number of fused-ring (bicyclic) bond motifs is 1. The second-order valence-corrected chi connectivity index (χ2v) is 14.3. The number of phenols is 2. The number of phenolic OH excluding ortho intramolecular Hbond substituents is 2. The average Bonchev–Trinajstić information content (AvgIpc) is 3.43. The van der Waals surface area contributed by atoms with Crippen LogP contribution in [0, 0.1) is 0 Å². The molecule has 9 nitrogen and oxygen atoms in total. The summed E-state index contributed by atoms with van der Waals surface area (Å²) in [7, 11) is 0. The Morgan fingerprint density at radius 1 is 0.635 bits per heavy atom. The predicted octanol–water partition coefficient (Wildman–Crippen LogP) is 8.77. The summed E-state index contributed by atoms with van der Waals surface area (Å²) in [4.78, 5) is 19.1. The van der Waals surface area contributed by atoms with Crippen molar-refractivity contribution in [3.63, 3.8) is 0 Å². The highest BCUT2D eigenvalue weighted by molar-refractivity contribution is 5.76. The zero-order valence-electron chi connectivity index (χ0n) is 30.7. The smallest absolute Gasteiger partial charge is 0.321 e. The molecule has 0 aromatic heterocycles. The van der Waals surface area contributed by atoms with Crippen LogP contribution in [0.5, 0.6) is 23.0 Å². The zero-order valence-corrected chi connectivity index (χ0v) is 30.7. The summed E-state index contributed by atoms with van der Waals surface area (Å²) in [6.07, 6.45) is 3.50. The van der Waals surface area contributed by atoms with Gasteiger partial charge >= 0.3 is 6.03 Å². The van der Waals surface area contributed by atoms with Crippen LogP contribution in [-0.4, -0.2) is 63.3 Å². The molecule has 2 heterocycles. The van der Waals surface area contributed by atoms with Gasteiger partial charge < -0.3 is 39.0 Å². The van der Waals surface area contributed by atoms with Crippen LogP contribution in [0.25, 0.3) is 0 Å². The van der Waals surface area contributed by atoms with E-state index >= 15 is 4.79 Å². The van der Waals surface area contributed by atoms with Gasteiger partial charge in [0.1, 0.15) is 35.2 Å². The van der Waals surface area contributed by atoms with E-state index in [4.69, 9.17) is 18.9 Å². The molecule has 9 heteroatoms. The summed E-state index contributed by atoms with van der Waals surface area (Å²) in [6.45, 7) is 10.0. The Balaban J connectivity index is 1.43. The number of aromatic hydroxyl groups is 2. The van der Waals surface area contributed by atoms with Gasteiger partial charge in [0.25, 0.3) is 0 Å². The van der Waals surface area contributed by atoms with E-state index in [-0.39, 0.29) is 17.5 Å². The van der Waals surface area contributed by atoms with E-state index in [9.17, 15) is 10.2 Å². The van der Waals surface area contributed by atoms with E-state index in [1.54, 1.807) is 24.3 Å². The molecule has 4 aromatic rings. The van der Waals surface area contributed by atoms with E-state index in [2.05, 4.69) is 13.8 Å². The van der Waals surface area contributed by atoms with Gasteiger partial charge in [-0.05, 0) is 104 Å². The summed E-state index contributed by atoms with van der Waals surface area (Å²) in [5.41, 5.74) is 3.69. The molecule has 0 radical (unpaired) electrons. The standard InChI is InChI=1S/C43H52N2O7/c1-5-7-25-49-36-21-11-31(12-22-36)28-44-38(27-30-9-17-34(46)18-10-30)40-41(52-43(3,4)51-40)39(33-15-19-35(47)20-16-33)45(42(44)48)29-32-13-23-37(24-14-32)50-26-8-6-2/h9-24,38-41,46-47H,5-8,25-29H2,1-4H3/t38-,39?,40+,41+/m1/s1. The van der Waals surface area contributed by atoms with Crippen molar-refractivity contribution < 1.29 is 34.0 Å². The summed E-state index contributed by atoms with van der Waals surface area (Å²) < 4.78 is 25.5. The number of unbranched alkanes of at least 4 members (excludes halogenated alkanes) is 2. The number of hydrogen-bond acceptors (Lipinski definition) is 7. The lowest BCUT2D eigenvalue weighted by Crippen LogP contribution is -2.50. The molecule has 0 bridgehead atoms. The van der Waals surface area contributed by atoms with Crippen LogP contribution in [0.4, 0.5) is 4.79 Å². The van der Waals surface area contributed by atoms with E-state index in [1.165, 1.54) is 0 Å². The summed E-state index contributed by atoms with van der Waals surface area (Å²) in [5, 5.41) is 20.3. The molecule has 2 amide bonds. The van der Waals surface area contributed by atoms with Gasteiger partial charge in [-0.1, -0.05) is 75.2 Å². The van der Waals surface area contributed by atoms with E-state index < -0.39 is 30.1 Å². The van der Waals surface area contributed by atoms with Crippen LogP contribution < -0.4 is 9.47 Å². The van der Waals surface area contributed by atoms with Crippen LogP contribution in [-0.2, 0) is 29.0 Å². The average molecular weight is 709 g/mol. The molecule has 4 atom stereocenters. The van der Waals surface area contributed by atoms with Crippen LogP contribution in [0.1, 0.15) is 81.7 Å². The summed E-state index contributed by atoms with van der Waals surface area (Å²) in [5.74, 6) is 0.985. The lowest BCUT2D eigenvalue weighted by molar-refractivity contribution is -0.158. The fraction of sp³-hybridized carbons (Fsp3) is 0.419. The van der Waals surface area contributed by atoms with E-state index in [0.717, 1.165) is 59.4 Å². The third kappa shape index (κ3) is 9.00. The van der Waals surface area contributed by atoms with Crippen LogP contribution >= 0.6 is 0 Å². The monoisotopic (exact) mass is 708 g/mol. The molecule has 2 saturated heterocycles. The number of urea groups is 1. The zero-order chi connectivity index (χ0) is 36.7. The van der Waals surface area contributed by atoms with Gasteiger partial charge in [0.05, 0.1) is 25.3 Å². The van der Waals surface area contributed by atoms with Gasteiger partial charge in [-0.25, -0.2) is 4.79 Å². The third-order valence-corrected chi connectivity index (χ3v) is 9.78. The van der Waals surface area contributed by atoms with E-state index in [1.807, 2.05) is 96.4 Å². The number of rotatable bonds is 15. The molecule has 52 heavy (non-hydrogen) atoms. The van der Waals surface area contributed by atoms with Crippen molar-refractivity contribution in [2.45, 2.75) is 103 Å². The molecule has 1 unspecified atom stereocenters. The highest BCUT2D eigenvalue weighted by Crippen LogP contribution is 2.45. The number of nitrogens with zero attached hydrogens (tertiary/aromatic N) is 2. The second-order valence-electron chi connectivity index (χ2n) is 14.3. The quantitative estimate of drug-likeness (QED) is 0.119. The fourth-order valence-electron chi connectivity index (χ4n) is 7.08. The number of amides is 2. The minimum Gasteiger partial charge on any atom is -0.508 e. The fourth-order valence-corrected chi connectivity index (χ4v) is 7.08. The van der Waals surface area contributed by atoms with Gasteiger partial charge in [-0.15, -0.1) is 0 Å². The van der Waals surface area contributed by atoms with Gasteiger partial charge in [-0.3, -0.25) is 0 Å². The highest BCUT2D eigenvalue weighted by Gasteiger charge is 2.56. The Morgan fingerprint density at radius 3 is 1.62 bits per heavy atom. The molecule has 2 N–H and O–H groups in total. The van der Waals surface area contributed by atoms with Crippen molar-refractivity contribution in [1.29, 1.82) is 0 Å². The lowest BCUT2D eigenvalue weighted by Gasteiger charge is -2.37. The van der Waals surface area contributed by atoms with Crippen molar-refractivity contribution in [2.24, 2.45) is 0 Å². The lowest BCUT2D eigenvalue weighted by atomic mass is 9.90. The molecule has 0 spiro atoms. The Kier molecular flexibility index (Phi) is 11.9. The Morgan fingerprint density at radius 2 is 1.10 bits per heavy atom. The summed E-state index contributed by atoms with van der Waals surface area (Å²) in [6, 6.07) is 28.9. The van der Waals surface area contributed by atoms with Crippen molar-refractivity contribution >= 4 is 6.03 Å². The Bertz CT molecular complexity index is 1730. The molecule has 276 valence electrons. The summed E-state index contributed by atoms with van der Waals surface area (Å²) >= 11 is 0. The van der Waals surface area contributed by atoms with Gasteiger partial charge in [-0.2, -0.15) is 0 Å². The van der Waals surface area contributed by atoms with Gasteiger partial charge in [0.2, 0.25) is 0 Å². The molecule has 6 rings (SSSR count). The van der Waals surface area contributed by atoms with Crippen molar-refractivity contribution in [2.75, 3.05) is 13.2 Å². The number of carbonyl (C=O) groups is 1. The molecule has 2 fully saturated rings. The topological polar surface area (TPSA) is 101 Å². The van der Waals surface area contributed by atoms with Crippen LogP contribution in [0.15, 0.2) is 97.1 Å². The molecule has 2 aliphatic heterocycles. The maximum atomic E-state index is 15.3. The third-order valence-electron chi connectivity index (χ3n) is 9.78. The largest absolute Gasteiger partial charge is 0.508 e. The number of hydrogen-bond donors (Lipinski definition) is 2. The van der Waals surface area contributed by atoms with Gasteiger partial charge in [0, 0.05) is 13.1 Å². The van der Waals surface area contributed by atoms with Crippen LogP contribution in [0.2, 0.25) is 0 Å². The molecule has 0 saturated carbocycles. The maximum absolute atomic E-state index is 15.3. The van der Waals surface area contributed by atoms with Crippen LogP contribution in [0.3, 0.4) is 0 Å². The Labute approximate surface area is 307 Å². The van der Waals surface area contributed by atoms with Crippen molar-refractivity contribution in [3.8, 4) is 23.0 Å². The van der Waals surface area contributed by atoms with Crippen molar-refractivity contribution in [1.82, 2.24) is 9.80 Å².